The normalized spacial score (nSPS) is 14.2. The molecule has 162 valence electrons. The summed E-state index contributed by atoms with van der Waals surface area (Å²) in [6.07, 6.45) is 4.67. The first-order chi connectivity index (χ1) is 15.1. The van der Waals surface area contributed by atoms with Crippen molar-refractivity contribution in [1.82, 2.24) is 15.0 Å². The van der Waals surface area contributed by atoms with Crippen molar-refractivity contribution in [3.05, 3.63) is 64.4 Å². The predicted octanol–water partition coefficient (Wildman–Crippen LogP) is 5.71. The fourth-order valence-electron chi connectivity index (χ4n) is 3.49. The lowest BCUT2D eigenvalue weighted by atomic mass is 10.2. The van der Waals surface area contributed by atoms with E-state index >= 15 is 0 Å². The van der Waals surface area contributed by atoms with Gasteiger partial charge in [-0.05, 0) is 55.2 Å². The number of halogens is 2. The van der Waals surface area contributed by atoms with Crippen LogP contribution in [0.15, 0.2) is 42.5 Å². The number of hydrogen-bond donors (Lipinski definition) is 2. The molecule has 0 bridgehead atoms. The highest BCUT2D eigenvalue weighted by Gasteiger charge is 2.16. The van der Waals surface area contributed by atoms with Gasteiger partial charge in [0.1, 0.15) is 5.82 Å². The highest BCUT2D eigenvalue weighted by molar-refractivity contribution is 6.30. The van der Waals surface area contributed by atoms with Gasteiger partial charge in [-0.25, -0.2) is 4.39 Å². The second-order valence-electron chi connectivity index (χ2n) is 7.75. The van der Waals surface area contributed by atoms with Gasteiger partial charge >= 0.3 is 0 Å². The van der Waals surface area contributed by atoms with Crippen LogP contribution in [0.25, 0.3) is 0 Å². The molecule has 0 atom stereocenters. The quantitative estimate of drug-likeness (QED) is 0.511. The Labute approximate surface area is 186 Å². The summed E-state index contributed by atoms with van der Waals surface area (Å²) in [6.45, 7) is 4.12. The van der Waals surface area contributed by atoms with Crippen molar-refractivity contribution in [2.24, 2.45) is 0 Å². The third kappa shape index (κ3) is 5.82. The van der Waals surface area contributed by atoms with Crippen LogP contribution in [-0.2, 0) is 6.54 Å². The van der Waals surface area contributed by atoms with E-state index in [0.717, 1.165) is 31.5 Å². The van der Waals surface area contributed by atoms with Crippen LogP contribution in [0.5, 0.6) is 0 Å². The first kappa shape index (κ1) is 21.3. The average Bonchev–Trinajstić information content (AvgIpc) is 3.06. The molecule has 1 aliphatic heterocycles. The van der Waals surface area contributed by atoms with Crippen LogP contribution < -0.4 is 15.5 Å². The molecule has 0 radical (unpaired) electrons. The van der Waals surface area contributed by atoms with E-state index < -0.39 is 0 Å². The molecule has 1 fully saturated rings. The summed E-state index contributed by atoms with van der Waals surface area (Å²) in [5.74, 6) is 1.22. The lowest BCUT2D eigenvalue weighted by molar-refractivity contribution is 0.619. The van der Waals surface area contributed by atoms with Crippen molar-refractivity contribution in [3.8, 4) is 0 Å². The van der Waals surface area contributed by atoms with Crippen LogP contribution in [-0.4, -0.2) is 28.0 Å². The van der Waals surface area contributed by atoms with Crippen molar-refractivity contribution in [2.75, 3.05) is 28.6 Å². The molecule has 0 aliphatic carbocycles. The monoisotopic (exact) mass is 440 g/mol. The Morgan fingerprint density at radius 1 is 0.935 bits per heavy atom. The van der Waals surface area contributed by atoms with Crippen LogP contribution in [0.4, 0.5) is 27.9 Å². The van der Waals surface area contributed by atoms with Gasteiger partial charge in [0, 0.05) is 30.3 Å². The van der Waals surface area contributed by atoms with Gasteiger partial charge in [0.15, 0.2) is 0 Å². The number of anilines is 4. The fourth-order valence-corrected chi connectivity index (χ4v) is 3.62. The van der Waals surface area contributed by atoms with Crippen molar-refractivity contribution in [3.63, 3.8) is 0 Å². The van der Waals surface area contributed by atoms with E-state index in [0.29, 0.717) is 40.7 Å². The summed E-state index contributed by atoms with van der Waals surface area (Å²) < 4.78 is 14.0. The minimum absolute atomic E-state index is 0.270. The zero-order valence-electron chi connectivity index (χ0n) is 17.5. The number of aryl methyl sites for hydroxylation is 1. The number of rotatable bonds is 6. The highest BCUT2D eigenvalue weighted by atomic mass is 35.5. The number of aromatic nitrogens is 3. The summed E-state index contributed by atoms with van der Waals surface area (Å²) in [7, 11) is 0. The molecule has 4 rings (SSSR count). The van der Waals surface area contributed by atoms with Gasteiger partial charge in [-0.2, -0.15) is 15.0 Å². The Morgan fingerprint density at radius 3 is 2.35 bits per heavy atom. The lowest BCUT2D eigenvalue weighted by Crippen LogP contribution is -2.27. The highest BCUT2D eigenvalue weighted by Crippen LogP contribution is 2.22. The van der Waals surface area contributed by atoms with Crippen molar-refractivity contribution in [1.29, 1.82) is 0 Å². The van der Waals surface area contributed by atoms with Crippen molar-refractivity contribution in [2.45, 2.75) is 39.2 Å². The molecule has 1 aliphatic rings. The molecule has 0 amide bonds. The Hall–Kier alpha value is -2.93. The van der Waals surface area contributed by atoms with Gasteiger partial charge in [0.2, 0.25) is 17.8 Å². The fraction of sp³-hybridized carbons (Fsp3) is 0.348. The maximum absolute atomic E-state index is 14.0. The van der Waals surface area contributed by atoms with Crippen LogP contribution in [0.2, 0.25) is 5.02 Å². The van der Waals surface area contributed by atoms with Gasteiger partial charge in [-0.3, -0.25) is 0 Å². The van der Waals surface area contributed by atoms with Crippen LogP contribution >= 0.6 is 11.6 Å². The van der Waals surface area contributed by atoms with E-state index in [2.05, 4.69) is 30.5 Å². The summed E-state index contributed by atoms with van der Waals surface area (Å²) in [6, 6.07) is 12.6. The van der Waals surface area contributed by atoms with Crippen molar-refractivity contribution >= 4 is 35.1 Å². The van der Waals surface area contributed by atoms with E-state index in [1.807, 2.05) is 30.3 Å². The molecule has 1 aromatic heterocycles. The predicted molar refractivity (Wildman–Crippen MR) is 124 cm³/mol. The van der Waals surface area contributed by atoms with Gasteiger partial charge < -0.3 is 15.5 Å². The molecule has 31 heavy (non-hydrogen) atoms. The SMILES string of the molecule is Cc1ccc(Nc2nc(NCc3ccc(Cl)cc3)nc(N3CCCCCC3)n2)cc1F. The van der Waals surface area contributed by atoms with Gasteiger partial charge in [0.05, 0.1) is 0 Å². The second kappa shape index (κ2) is 9.92. The topological polar surface area (TPSA) is 66.0 Å². The Morgan fingerprint density at radius 2 is 1.65 bits per heavy atom. The second-order valence-corrected chi connectivity index (χ2v) is 8.19. The summed E-state index contributed by atoms with van der Waals surface area (Å²) in [5.41, 5.74) is 2.26. The summed E-state index contributed by atoms with van der Waals surface area (Å²) in [4.78, 5) is 16.0. The number of nitrogens with one attached hydrogen (secondary N) is 2. The van der Waals surface area contributed by atoms with Gasteiger partial charge in [0.25, 0.3) is 0 Å². The summed E-state index contributed by atoms with van der Waals surface area (Å²) in [5, 5.41) is 7.10. The molecule has 2 aromatic carbocycles. The standard InChI is InChI=1S/C23H26ClFN6/c1-16-6-11-19(14-20(16)25)27-22-28-21(26-15-17-7-9-18(24)10-8-17)29-23(30-22)31-12-4-2-3-5-13-31/h6-11,14H,2-5,12-13,15H2,1H3,(H2,26,27,28,29,30). The molecular weight excluding hydrogens is 415 g/mol. The van der Waals surface area contributed by atoms with Crippen LogP contribution in [0.1, 0.15) is 36.8 Å². The Balaban J connectivity index is 1.59. The first-order valence-electron chi connectivity index (χ1n) is 10.6. The molecule has 3 aromatic rings. The van der Waals surface area contributed by atoms with E-state index in [1.54, 1.807) is 13.0 Å². The van der Waals surface area contributed by atoms with Crippen LogP contribution in [0, 0.1) is 12.7 Å². The molecule has 0 saturated carbocycles. The van der Waals surface area contributed by atoms with Crippen molar-refractivity contribution < 1.29 is 4.39 Å². The molecule has 0 unspecified atom stereocenters. The lowest BCUT2D eigenvalue weighted by Gasteiger charge is -2.21. The van der Waals surface area contributed by atoms with E-state index in [9.17, 15) is 4.39 Å². The minimum Gasteiger partial charge on any atom is -0.350 e. The Kier molecular flexibility index (Phi) is 6.82. The van der Waals surface area contributed by atoms with Gasteiger partial charge in [-0.15, -0.1) is 0 Å². The van der Waals surface area contributed by atoms with Gasteiger partial charge in [-0.1, -0.05) is 42.6 Å². The first-order valence-corrected chi connectivity index (χ1v) is 11.0. The van der Waals surface area contributed by atoms with Crippen LogP contribution in [0.3, 0.4) is 0 Å². The molecule has 1 saturated heterocycles. The average molecular weight is 441 g/mol. The minimum atomic E-state index is -0.270. The summed E-state index contributed by atoms with van der Waals surface area (Å²) >= 11 is 5.97. The third-order valence-corrected chi connectivity index (χ3v) is 5.56. The zero-order chi connectivity index (χ0) is 21.6. The zero-order valence-corrected chi connectivity index (χ0v) is 18.3. The van der Waals surface area contributed by atoms with E-state index in [4.69, 9.17) is 11.6 Å². The Bertz CT molecular complexity index is 1020. The van der Waals surface area contributed by atoms with E-state index in [1.165, 1.54) is 18.9 Å². The maximum atomic E-state index is 14.0. The molecule has 2 heterocycles. The van der Waals surface area contributed by atoms with E-state index in [-0.39, 0.29) is 5.82 Å². The largest absolute Gasteiger partial charge is 0.350 e. The smallest absolute Gasteiger partial charge is 0.233 e. The molecule has 2 N–H and O–H groups in total. The molecular formula is C23H26ClFN6. The molecule has 8 heteroatoms. The molecule has 6 nitrogen and oxygen atoms in total. The third-order valence-electron chi connectivity index (χ3n) is 5.30. The maximum Gasteiger partial charge on any atom is 0.233 e. The number of hydrogen-bond acceptors (Lipinski definition) is 6. The number of nitrogens with zero attached hydrogens (tertiary/aromatic N) is 4. The number of benzene rings is 2. The molecule has 0 spiro atoms.